The summed E-state index contributed by atoms with van der Waals surface area (Å²) in [6, 6.07) is 3.86. The highest BCUT2D eigenvalue weighted by molar-refractivity contribution is 5.74. The van der Waals surface area contributed by atoms with Gasteiger partial charge < -0.3 is 24.8 Å². The third kappa shape index (κ3) is 3.92. The summed E-state index contributed by atoms with van der Waals surface area (Å²) < 4.78 is 10.3. The number of hydrogen-bond donors (Lipinski definition) is 2. The lowest BCUT2D eigenvalue weighted by atomic mass is 10.2. The van der Waals surface area contributed by atoms with Crippen LogP contribution in [0, 0.1) is 0 Å². The highest BCUT2D eigenvalue weighted by Gasteiger charge is 2.31. The van der Waals surface area contributed by atoms with E-state index in [-0.39, 0.29) is 11.8 Å². The number of phenols is 1. The molecule has 138 valence electrons. The summed E-state index contributed by atoms with van der Waals surface area (Å²) in [5.74, 6) is 0.630. The van der Waals surface area contributed by atoms with Crippen LogP contribution in [0.4, 0.5) is 4.79 Å². The van der Waals surface area contributed by atoms with Gasteiger partial charge in [-0.25, -0.2) is 4.79 Å². The van der Waals surface area contributed by atoms with Crippen LogP contribution >= 0.6 is 0 Å². The van der Waals surface area contributed by atoms with Crippen molar-refractivity contribution in [1.29, 1.82) is 0 Å². The number of ether oxygens (including phenoxy) is 2. The average molecular weight is 349 g/mol. The van der Waals surface area contributed by atoms with E-state index in [0.29, 0.717) is 24.1 Å². The molecule has 0 unspecified atom stereocenters. The number of hydrogen-bond acceptors (Lipinski definition) is 5. The summed E-state index contributed by atoms with van der Waals surface area (Å²) in [5.41, 5.74) is 0.815. The van der Waals surface area contributed by atoms with E-state index in [4.69, 9.17) is 9.47 Å². The number of carbonyl (C=O) groups excluding carboxylic acids is 1. The molecular formula is C18H27N3O4. The molecule has 25 heavy (non-hydrogen) atoms. The smallest absolute Gasteiger partial charge is 0.317 e. The number of likely N-dealkylation sites (tertiary alicyclic amines) is 2. The fourth-order valence-electron chi connectivity index (χ4n) is 3.67. The van der Waals surface area contributed by atoms with Gasteiger partial charge in [0.15, 0.2) is 11.5 Å². The van der Waals surface area contributed by atoms with Gasteiger partial charge in [0, 0.05) is 25.7 Å². The minimum absolute atomic E-state index is 0.0342. The molecule has 2 amide bonds. The molecule has 1 atom stereocenters. The molecule has 2 fully saturated rings. The second-order valence-electron chi connectivity index (χ2n) is 6.64. The lowest BCUT2D eigenvalue weighted by Gasteiger charge is -2.23. The third-order valence-electron chi connectivity index (χ3n) is 5.09. The van der Waals surface area contributed by atoms with Gasteiger partial charge in [0.2, 0.25) is 5.75 Å². The molecule has 0 spiro atoms. The molecule has 2 N–H and O–H groups in total. The Kier molecular flexibility index (Phi) is 5.53. The summed E-state index contributed by atoms with van der Waals surface area (Å²) in [6.07, 6.45) is 3.59. The number of phenolic OH excluding ortho intramolecular Hbond substituents is 1. The van der Waals surface area contributed by atoms with Crippen molar-refractivity contribution in [3.8, 4) is 17.2 Å². The van der Waals surface area contributed by atoms with Crippen LogP contribution in [-0.2, 0) is 6.54 Å². The van der Waals surface area contributed by atoms with Crippen LogP contribution in [0.25, 0.3) is 0 Å². The zero-order chi connectivity index (χ0) is 17.8. The van der Waals surface area contributed by atoms with Crippen molar-refractivity contribution in [3.05, 3.63) is 17.7 Å². The highest BCUT2D eigenvalue weighted by atomic mass is 16.5. The second kappa shape index (κ2) is 7.82. The fraction of sp³-hybridized carbons (Fsp3) is 0.611. The summed E-state index contributed by atoms with van der Waals surface area (Å²) in [6.45, 7) is 4.28. The van der Waals surface area contributed by atoms with Gasteiger partial charge in [-0.05, 0) is 50.0 Å². The number of aromatic hydroxyl groups is 1. The van der Waals surface area contributed by atoms with Crippen LogP contribution < -0.4 is 14.8 Å². The van der Waals surface area contributed by atoms with E-state index in [1.165, 1.54) is 27.1 Å². The van der Waals surface area contributed by atoms with Crippen molar-refractivity contribution < 1.29 is 19.4 Å². The number of nitrogens with one attached hydrogen (secondary N) is 1. The highest BCUT2D eigenvalue weighted by Crippen LogP contribution is 2.37. The first-order valence-corrected chi connectivity index (χ1v) is 8.83. The van der Waals surface area contributed by atoms with E-state index in [0.717, 1.165) is 38.2 Å². The van der Waals surface area contributed by atoms with Crippen LogP contribution in [0.5, 0.6) is 17.2 Å². The maximum Gasteiger partial charge on any atom is 0.317 e. The molecule has 2 heterocycles. The largest absolute Gasteiger partial charge is 0.502 e. The Labute approximate surface area is 148 Å². The molecule has 7 heteroatoms. The van der Waals surface area contributed by atoms with Crippen LogP contribution in [-0.4, -0.2) is 67.4 Å². The number of rotatable bonds is 5. The van der Waals surface area contributed by atoms with Gasteiger partial charge >= 0.3 is 6.03 Å². The first-order valence-electron chi connectivity index (χ1n) is 8.83. The van der Waals surface area contributed by atoms with Crippen LogP contribution in [0.2, 0.25) is 0 Å². The normalized spacial score (nSPS) is 20.7. The molecule has 0 radical (unpaired) electrons. The van der Waals surface area contributed by atoms with Crippen LogP contribution in [0.15, 0.2) is 12.1 Å². The number of carbonyl (C=O) groups is 1. The Morgan fingerprint density at radius 2 is 1.84 bits per heavy atom. The van der Waals surface area contributed by atoms with E-state index >= 15 is 0 Å². The molecule has 1 aromatic rings. The van der Waals surface area contributed by atoms with Gasteiger partial charge in [-0.1, -0.05) is 0 Å². The lowest BCUT2D eigenvalue weighted by Crippen LogP contribution is -2.41. The summed E-state index contributed by atoms with van der Waals surface area (Å²) in [7, 11) is 2.97. The SMILES string of the molecule is COc1cc(CNC(=O)N2CC[C@H](N3CCCC3)C2)cc(OC)c1O. The van der Waals surface area contributed by atoms with E-state index in [2.05, 4.69) is 10.2 Å². The Hall–Kier alpha value is -2.15. The van der Waals surface area contributed by atoms with Crippen LogP contribution in [0.1, 0.15) is 24.8 Å². The molecule has 3 rings (SSSR count). The molecular weight excluding hydrogens is 322 g/mol. The van der Waals surface area contributed by atoms with E-state index < -0.39 is 0 Å². The molecule has 0 aromatic heterocycles. The van der Waals surface area contributed by atoms with E-state index in [1.54, 1.807) is 12.1 Å². The second-order valence-corrected chi connectivity index (χ2v) is 6.64. The first-order chi connectivity index (χ1) is 12.1. The van der Waals surface area contributed by atoms with Gasteiger partial charge in [0.05, 0.1) is 14.2 Å². The molecule has 0 aliphatic carbocycles. The van der Waals surface area contributed by atoms with Gasteiger partial charge in [0.25, 0.3) is 0 Å². The summed E-state index contributed by atoms with van der Waals surface area (Å²) in [4.78, 5) is 16.8. The molecule has 2 saturated heterocycles. The predicted molar refractivity (Wildman–Crippen MR) is 94.2 cm³/mol. The van der Waals surface area contributed by atoms with Crippen molar-refractivity contribution in [3.63, 3.8) is 0 Å². The monoisotopic (exact) mass is 349 g/mol. The quantitative estimate of drug-likeness (QED) is 0.848. The summed E-state index contributed by atoms with van der Waals surface area (Å²) in [5, 5.41) is 12.9. The van der Waals surface area contributed by atoms with E-state index in [1.807, 2.05) is 4.90 Å². The zero-order valence-corrected chi connectivity index (χ0v) is 15.0. The van der Waals surface area contributed by atoms with Crippen molar-refractivity contribution in [2.24, 2.45) is 0 Å². The number of methoxy groups -OCH3 is 2. The molecule has 1 aromatic carbocycles. The Morgan fingerprint density at radius 1 is 1.20 bits per heavy atom. The first kappa shape index (κ1) is 17.7. The number of amides is 2. The zero-order valence-electron chi connectivity index (χ0n) is 15.0. The molecule has 0 saturated carbocycles. The minimum atomic E-state index is -0.0484. The third-order valence-corrected chi connectivity index (χ3v) is 5.09. The lowest BCUT2D eigenvalue weighted by molar-refractivity contribution is 0.198. The van der Waals surface area contributed by atoms with Crippen molar-refractivity contribution >= 4 is 6.03 Å². The molecule has 0 bridgehead atoms. The van der Waals surface area contributed by atoms with Crippen molar-refractivity contribution in [1.82, 2.24) is 15.1 Å². The Bertz CT molecular complexity index is 591. The predicted octanol–water partition coefficient (Wildman–Crippen LogP) is 1.79. The van der Waals surface area contributed by atoms with Gasteiger partial charge in [-0.3, -0.25) is 4.90 Å². The molecule has 2 aliphatic heterocycles. The summed E-state index contributed by atoms with van der Waals surface area (Å²) >= 11 is 0. The van der Waals surface area contributed by atoms with Gasteiger partial charge in [0.1, 0.15) is 0 Å². The maximum absolute atomic E-state index is 12.4. The van der Waals surface area contributed by atoms with Gasteiger partial charge in [-0.15, -0.1) is 0 Å². The number of benzene rings is 1. The van der Waals surface area contributed by atoms with Crippen molar-refractivity contribution in [2.45, 2.75) is 31.8 Å². The standard InChI is InChI=1S/C18H27N3O4/c1-24-15-9-13(10-16(25-2)17(15)22)11-19-18(23)21-8-5-14(12-21)20-6-3-4-7-20/h9-10,14,22H,3-8,11-12H2,1-2H3,(H,19,23)/t14-/m0/s1. The average Bonchev–Trinajstić information content (AvgIpc) is 3.31. The minimum Gasteiger partial charge on any atom is -0.502 e. The molecule has 2 aliphatic rings. The van der Waals surface area contributed by atoms with Crippen LogP contribution in [0.3, 0.4) is 0 Å². The topological polar surface area (TPSA) is 74.3 Å². The Balaban J connectivity index is 1.55. The number of nitrogens with zero attached hydrogens (tertiary/aromatic N) is 2. The maximum atomic E-state index is 12.4. The molecule has 7 nitrogen and oxygen atoms in total. The van der Waals surface area contributed by atoms with Gasteiger partial charge in [-0.2, -0.15) is 0 Å². The fourth-order valence-corrected chi connectivity index (χ4v) is 3.67. The Morgan fingerprint density at radius 3 is 2.44 bits per heavy atom. The van der Waals surface area contributed by atoms with Crippen molar-refractivity contribution in [2.75, 3.05) is 40.4 Å². The number of urea groups is 1. The van der Waals surface area contributed by atoms with E-state index in [9.17, 15) is 9.90 Å².